The Morgan fingerprint density at radius 1 is 0.618 bits per heavy atom. The number of rotatable bonds is 10. The summed E-state index contributed by atoms with van der Waals surface area (Å²) in [5.41, 5.74) is 0. The molecular weight excluding hydrogens is 448 g/mol. The third-order valence-electron chi connectivity index (χ3n) is 2.58. The van der Waals surface area contributed by atoms with Crippen LogP contribution >= 0.6 is 0 Å². The predicted molar refractivity (Wildman–Crippen MR) is 140 cm³/mol. The first-order valence-corrected chi connectivity index (χ1v) is 9.70. The largest absolute Gasteiger partial charge is 0.466 e. The lowest BCUT2D eigenvalue weighted by Gasteiger charge is -2.05. The fraction of sp³-hybridized carbons (Fsp3) is 0.917. The predicted octanol–water partition coefficient (Wildman–Crippen LogP) is 2.93. The molecule has 0 rings (SSSR count). The number of esters is 2. The highest BCUT2D eigenvalue weighted by Crippen LogP contribution is 1.92. The van der Waals surface area contributed by atoms with E-state index in [9.17, 15) is 9.59 Å². The van der Waals surface area contributed by atoms with Gasteiger partial charge in [0.1, 0.15) is 6.61 Å². The quantitative estimate of drug-likeness (QED) is 0.324. The van der Waals surface area contributed by atoms with Gasteiger partial charge in [0.2, 0.25) is 0 Å². The van der Waals surface area contributed by atoms with E-state index in [0.29, 0.717) is 19.8 Å². The molecule has 0 bridgehead atoms. The molecular formula is C24H60O10. The molecule has 10 heteroatoms. The monoisotopic (exact) mass is 508 g/mol. The summed E-state index contributed by atoms with van der Waals surface area (Å²) in [6.07, 6.45) is -0.881. The lowest BCUT2D eigenvalue weighted by Crippen LogP contribution is -2.12. The number of methoxy groups -OCH3 is 2. The van der Waals surface area contributed by atoms with Crippen LogP contribution in [0.5, 0.6) is 0 Å². The highest BCUT2D eigenvalue weighted by atomic mass is 16.5. The van der Waals surface area contributed by atoms with Gasteiger partial charge in [-0.3, -0.25) is 9.59 Å². The molecule has 0 aliphatic rings. The molecule has 0 amide bonds. The van der Waals surface area contributed by atoms with Gasteiger partial charge in [-0.2, -0.15) is 0 Å². The Hall–Kier alpha value is -1.30. The molecule has 4 unspecified atom stereocenters. The van der Waals surface area contributed by atoms with Gasteiger partial charge in [0, 0.05) is 53.1 Å². The van der Waals surface area contributed by atoms with Crippen molar-refractivity contribution in [1.82, 2.24) is 0 Å². The van der Waals surface area contributed by atoms with Crippen LogP contribution in [-0.4, -0.2) is 98.4 Å². The van der Waals surface area contributed by atoms with Crippen molar-refractivity contribution >= 4 is 11.9 Å². The smallest absolute Gasteiger partial charge is 0.302 e. The Balaban J connectivity index is -0.0000000429. The van der Waals surface area contributed by atoms with Gasteiger partial charge in [-0.1, -0.05) is 43.6 Å². The molecule has 0 aliphatic heterocycles. The van der Waals surface area contributed by atoms with Crippen LogP contribution in [0, 0.1) is 11.8 Å². The molecule has 0 aromatic rings. The molecule has 4 N–H and O–H groups in total. The number of hydrogen-bond acceptors (Lipinski definition) is 10. The normalized spacial score (nSPS) is 11.9. The maximum Gasteiger partial charge on any atom is 0.302 e. The molecule has 0 heterocycles. The lowest BCUT2D eigenvalue weighted by atomic mass is 10.2. The Morgan fingerprint density at radius 3 is 1.06 bits per heavy atom. The standard InChI is InChI=1S/C6H12O3.C5H10O3.C5H12O2.C4H10O2.4CH4/c1-5(3-7)4-9-6(2)8;1-4(6)3-8-5(2)7;1-5(3-6)4-7-2;1-4(5)3-6-2;;;;/h5,7H,3-4H2,1-2H3;4,6H,3H2,1-2H3;5-6H,3-4H2,1-2H3;4-5H,3H2,1-2H3;4*1H4. The highest BCUT2D eigenvalue weighted by Gasteiger charge is 2.00. The van der Waals surface area contributed by atoms with Gasteiger partial charge in [0.05, 0.1) is 32.0 Å². The van der Waals surface area contributed by atoms with Crippen molar-refractivity contribution in [3.8, 4) is 0 Å². The van der Waals surface area contributed by atoms with E-state index in [4.69, 9.17) is 25.2 Å². The first kappa shape index (κ1) is 53.9. The summed E-state index contributed by atoms with van der Waals surface area (Å²) in [7, 11) is 3.19. The SMILES string of the molecule is C.C.C.C.CC(=O)OCC(C)CO.CC(=O)OCC(C)O.COCC(C)CO.COCC(C)O. The zero-order valence-corrected chi connectivity index (χ0v) is 19.8. The second kappa shape index (κ2) is 41.9. The number of ether oxygens (including phenoxy) is 4. The Morgan fingerprint density at radius 2 is 0.912 bits per heavy atom. The van der Waals surface area contributed by atoms with Crippen molar-refractivity contribution in [3.05, 3.63) is 0 Å². The zero-order valence-electron chi connectivity index (χ0n) is 19.8. The van der Waals surface area contributed by atoms with E-state index in [-0.39, 0.29) is 79.4 Å². The van der Waals surface area contributed by atoms with Crippen LogP contribution in [0.15, 0.2) is 0 Å². The number of carbonyl (C=O) groups excluding carboxylic acids is 2. The number of aliphatic hydroxyl groups is 4. The molecule has 0 aliphatic carbocycles. The minimum Gasteiger partial charge on any atom is -0.466 e. The van der Waals surface area contributed by atoms with E-state index in [2.05, 4.69) is 14.2 Å². The maximum atomic E-state index is 10.2. The third kappa shape index (κ3) is 77.4. The fourth-order valence-corrected chi connectivity index (χ4v) is 1.13. The molecule has 0 saturated carbocycles. The van der Waals surface area contributed by atoms with E-state index in [1.165, 1.54) is 13.8 Å². The molecule has 0 radical (unpaired) electrons. The second-order valence-electron chi connectivity index (χ2n) is 6.79. The second-order valence-corrected chi connectivity index (χ2v) is 6.79. The van der Waals surface area contributed by atoms with Crippen molar-refractivity contribution in [2.24, 2.45) is 11.8 Å². The molecule has 0 saturated heterocycles. The molecule has 0 spiro atoms. The highest BCUT2D eigenvalue weighted by molar-refractivity contribution is 5.66. The Labute approximate surface area is 210 Å². The summed E-state index contributed by atoms with van der Waals surface area (Å²) in [5, 5.41) is 33.8. The van der Waals surface area contributed by atoms with Crippen molar-refractivity contribution in [2.45, 2.75) is 83.5 Å². The summed E-state index contributed by atoms with van der Waals surface area (Å²) >= 11 is 0. The minimum atomic E-state index is -0.557. The van der Waals surface area contributed by atoms with Crippen molar-refractivity contribution in [2.75, 3.05) is 53.9 Å². The zero-order chi connectivity index (χ0) is 24.5. The van der Waals surface area contributed by atoms with Gasteiger partial charge < -0.3 is 39.4 Å². The fourth-order valence-electron chi connectivity index (χ4n) is 1.13. The van der Waals surface area contributed by atoms with Crippen LogP contribution in [0.25, 0.3) is 0 Å². The number of hydrogen-bond donors (Lipinski definition) is 4. The van der Waals surface area contributed by atoms with Gasteiger partial charge in [-0.25, -0.2) is 0 Å². The minimum absolute atomic E-state index is 0. The van der Waals surface area contributed by atoms with Gasteiger partial charge in [0.15, 0.2) is 0 Å². The van der Waals surface area contributed by atoms with Crippen LogP contribution in [0.2, 0.25) is 0 Å². The summed E-state index contributed by atoms with van der Waals surface area (Å²) in [5.74, 6) is -0.319. The van der Waals surface area contributed by atoms with E-state index >= 15 is 0 Å². The average Bonchev–Trinajstić information content (AvgIpc) is 2.66. The molecule has 4 atom stereocenters. The van der Waals surface area contributed by atoms with Crippen LogP contribution in [0.4, 0.5) is 0 Å². The van der Waals surface area contributed by atoms with E-state index in [1.807, 2.05) is 13.8 Å². The maximum absolute atomic E-state index is 10.2. The summed E-state index contributed by atoms with van der Waals surface area (Å²) in [4.78, 5) is 20.2. The molecule has 34 heavy (non-hydrogen) atoms. The van der Waals surface area contributed by atoms with Gasteiger partial charge in [0.25, 0.3) is 0 Å². The molecule has 10 nitrogen and oxygen atoms in total. The van der Waals surface area contributed by atoms with E-state index < -0.39 is 6.10 Å². The Kier molecular flexibility index (Phi) is 66.4. The molecule has 0 aromatic carbocycles. The van der Waals surface area contributed by atoms with Gasteiger partial charge in [-0.15, -0.1) is 0 Å². The van der Waals surface area contributed by atoms with E-state index in [1.54, 1.807) is 28.1 Å². The first-order chi connectivity index (χ1) is 13.9. The molecule has 216 valence electrons. The van der Waals surface area contributed by atoms with Crippen molar-refractivity contribution in [1.29, 1.82) is 0 Å². The number of carbonyl (C=O) groups is 2. The lowest BCUT2D eigenvalue weighted by molar-refractivity contribution is -0.144. The Bertz CT molecular complexity index is 364. The summed E-state index contributed by atoms with van der Waals surface area (Å²) in [6, 6.07) is 0. The summed E-state index contributed by atoms with van der Waals surface area (Å²) in [6.45, 7) is 11.4. The molecule has 0 fully saturated rings. The van der Waals surface area contributed by atoms with Crippen molar-refractivity contribution < 1.29 is 49.0 Å². The summed E-state index contributed by atoms with van der Waals surface area (Å²) < 4.78 is 18.3. The van der Waals surface area contributed by atoms with E-state index in [0.717, 1.165) is 0 Å². The van der Waals surface area contributed by atoms with Crippen LogP contribution in [-0.2, 0) is 28.5 Å². The van der Waals surface area contributed by atoms with Crippen LogP contribution in [0.1, 0.15) is 71.2 Å². The topological polar surface area (TPSA) is 152 Å². The third-order valence-corrected chi connectivity index (χ3v) is 2.58. The average molecular weight is 509 g/mol. The number of aliphatic hydroxyl groups excluding tert-OH is 4. The van der Waals surface area contributed by atoms with Crippen LogP contribution in [0.3, 0.4) is 0 Å². The van der Waals surface area contributed by atoms with Gasteiger partial charge >= 0.3 is 11.9 Å². The first-order valence-electron chi connectivity index (χ1n) is 9.70. The molecule has 0 aromatic heterocycles. The van der Waals surface area contributed by atoms with Crippen LogP contribution < -0.4 is 0 Å². The van der Waals surface area contributed by atoms with Crippen molar-refractivity contribution in [3.63, 3.8) is 0 Å². The van der Waals surface area contributed by atoms with Gasteiger partial charge in [-0.05, 0) is 13.8 Å².